The van der Waals surface area contributed by atoms with E-state index in [9.17, 15) is 9.59 Å². The SMILES string of the molecule is Cn1ccnc1C(C)(C=O)NC(=O)OC(C)(C)C. The topological polar surface area (TPSA) is 73.2 Å². The molecule has 0 radical (unpaired) electrons. The van der Waals surface area contributed by atoms with E-state index in [1.54, 1.807) is 51.7 Å². The highest BCUT2D eigenvalue weighted by Crippen LogP contribution is 2.17. The van der Waals surface area contributed by atoms with Crippen LogP contribution in [0.1, 0.15) is 33.5 Å². The summed E-state index contributed by atoms with van der Waals surface area (Å²) in [4.78, 5) is 27.0. The van der Waals surface area contributed by atoms with E-state index >= 15 is 0 Å². The zero-order valence-corrected chi connectivity index (χ0v) is 11.4. The summed E-state index contributed by atoms with van der Waals surface area (Å²) in [5, 5.41) is 2.53. The quantitative estimate of drug-likeness (QED) is 0.825. The van der Waals surface area contributed by atoms with E-state index in [0.29, 0.717) is 12.1 Å². The summed E-state index contributed by atoms with van der Waals surface area (Å²) in [7, 11) is 1.75. The maximum absolute atomic E-state index is 11.7. The lowest BCUT2D eigenvalue weighted by Crippen LogP contribution is -2.48. The van der Waals surface area contributed by atoms with Crippen molar-refractivity contribution in [2.45, 2.75) is 38.8 Å². The Hall–Kier alpha value is -1.85. The average molecular weight is 253 g/mol. The lowest BCUT2D eigenvalue weighted by molar-refractivity contribution is -0.113. The zero-order chi connectivity index (χ0) is 14.0. The molecule has 18 heavy (non-hydrogen) atoms. The van der Waals surface area contributed by atoms with Gasteiger partial charge in [-0.3, -0.25) is 0 Å². The van der Waals surface area contributed by atoms with Crippen molar-refractivity contribution in [1.29, 1.82) is 0 Å². The van der Waals surface area contributed by atoms with Crippen LogP contribution in [0.3, 0.4) is 0 Å². The molecule has 100 valence electrons. The molecular weight excluding hydrogens is 234 g/mol. The molecule has 0 aromatic carbocycles. The second-order valence-electron chi connectivity index (χ2n) is 5.31. The largest absolute Gasteiger partial charge is 0.444 e. The fraction of sp³-hybridized carbons (Fsp3) is 0.583. The molecule has 0 fully saturated rings. The molecule has 0 aliphatic rings. The Morgan fingerprint density at radius 1 is 1.44 bits per heavy atom. The number of carbonyl (C=O) groups excluding carboxylic acids is 2. The molecule has 1 heterocycles. The molecule has 1 N–H and O–H groups in total. The van der Waals surface area contributed by atoms with Gasteiger partial charge in [-0.15, -0.1) is 0 Å². The summed E-state index contributed by atoms with van der Waals surface area (Å²) >= 11 is 0. The van der Waals surface area contributed by atoms with Gasteiger partial charge in [0.05, 0.1) is 0 Å². The van der Waals surface area contributed by atoms with Crippen LogP contribution in [0.5, 0.6) is 0 Å². The third-order valence-corrected chi connectivity index (χ3v) is 2.28. The number of aromatic nitrogens is 2. The molecular formula is C12H19N3O3. The Labute approximate surface area is 106 Å². The first-order valence-electron chi connectivity index (χ1n) is 5.63. The highest BCUT2D eigenvalue weighted by molar-refractivity contribution is 5.76. The van der Waals surface area contributed by atoms with Crippen LogP contribution in [-0.4, -0.2) is 27.5 Å². The minimum atomic E-state index is -1.21. The van der Waals surface area contributed by atoms with Gasteiger partial charge in [-0.1, -0.05) is 0 Å². The predicted molar refractivity (Wildman–Crippen MR) is 66.0 cm³/mol. The summed E-state index contributed by atoms with van der Waals surface area (Å²) in [6, 6.07) is 0. The summed E-state index contributed by atoms with van der Waals surface area (Å²) < 4.78 is 6.80. The summed E-state index contributed by atoms with van der Waals surface area (Å²) in [5.41, 5.74) is -1.82. The van der Waals surface area contributed by atoms with Crippen molar-refractivity contribution in [3.05, 3.63) is 18.2 Å². The minimum Gasteiger partial charge on any atom is -0.444 e. The van der Waals surface area contributed by atoms with Crippen LogP contribution in [0, 0.1) is 0 Å². The van der Waals surface area contributed by atoms with Gasteiger partial charge >= 0.3 is 6.09 Å². The molecule has 0 spiro atoms. The van der Waals surface area contributed by atoms with Gasteiger partial charge in [0, 0.05) is 19.4 Å². The fourth-order valence-electron chi connectivity index (χ4n) is 1.52. The Balaban J connectivity index is 2.88. The van der Waals surface area contributed by atoms with Crippen LogP contribution in [0.15, 0.2) is 12.4 Å². The van der Waals surface area contributed by atoms with Gasteiger partial charge in [0.2, 0.25) is 0 Å². The molecule has 1 amide bonds. The first-order valence-corrected chi connectivity index (χ1v) is 5.63. The molecule has 0 aliphatic carbocycles. The Morgan fingerprint density at radius 2 is 2.06 bits per heavy atom. The average Bonchev–Trinajstić information content (AvgIpc) is 2.61. The first kappa shape index (κ1) is 14.2. The van der Waals surface area contributed by atoms with Crippen LogP contribution >= 0.6 is 0 Å². The summed E-state index contributed by atoms with van der Waals surface area (Å²) in [6.07, 6.45) is 3.25. The van der Waals surface area contributed by atoms with Crippen molar-refractivity contribution in [2.75, 3.05) is 0 Å². The van der Waals surface area contributed by atoms with Crippen molar-refractivity contribution >= 4 is 12.4 Å². The Bertz CT molecular complexity index is 448. The van der Waals surface area contributed by atoms with Gasteiger partial charge in [0.15, 0.2) is 11.8 Å². The molecule has 0 saturated carbocycles. The Kier molecular flexibility index (Phi) is 3.79. The second kappa shape index (κ2) is 4.80. The smallest absolute Gasteiger partial charge is 0.408 e. The number of imidazole rings is 1. The molecule has 1 unspecified atom stereocenters. The standard InChI is InChI=1S/C12H19N3O3/c1-11(2,3)18-10(17)14-12(4,8-16)9-13-6-7-15(9)5/h6-8H,1-5H3,(H,14,17). The van der Waals surface area contributed by atoms with Crippen molar-refractivity contribution in [3.63, 3.8) is 0 Å². The highest BCUT2D eigenvalue weighted by Gasteiger charge is 2.33. The number of hydrogen-bond donors (Lipinski definition) is 1. The molecule has 0 bridgehead atoms. The van der Waals surface area contributed by atoms with Crippen molar-refractivity contribution in [2.24, 2.45) is 7.05 Å². The van der Waals surface area contributed by atoms with E-state index in [0.717, 1.165) is 0 Å². The molecule has 6 heteroatoms. The normalized spacial score (nSPS) is 14.7. The number of ether oxygens (including phenoxy) is 1. The van der Waals surface area contributed by atoms with Crippen molar-refractivity contribution in [1.82, 2.24) is 14.9 Å². The van der Waals surface area contributed by atoms with Gasteiger partial charge in [0.1, 0.15) is 11.4 Å². The fourth-order valence-corrected chi connectivity index (χ4v) is 1.52. The number of aryl methyl sites for hydroxylation is 1. The maximum atomic E-state index is 11.7. The second-order valence-corrected chi connectivity index (χ2v) is 5.31. The van der Waals surface area contributed by atoms with E-state index in [1.807, 2.05) is 0 Å². The molecule has 0 saturated heterocycles. The first-order chi connectivity index (χ1) is 8.18. The van der Waals surface area contributed by atoms with Gasteiger partial charge in [0.25, 0.3) is 0 Å². The van der Waals surface area contributed by atoms with E-state index in [1.165, 1.54) is 0 Å². The van der Waals surface area contributed by atoms with E-state index in [2.05, 4.69) is 10.3 Å². The van der Waals surface area contributed by atoms with Crippen molar-refractivity contribution < 1.29 is 14.3 Å². The highest BCUT2D eigenvalue weighted by atomic mass is 16.6. The van der Waals surface area contributed by atoms with Gasteiger partial charge in [-0.2, -0.15) is 0 Å². The lowest BCUT2D eigenvalue weighted by Gasteiger charge is -2.27. The summed E-state index contributed by atoms with van der Waals surface area (Å²) in [5.74, 6) is 0.448. The number of carbonyl (C=O) groups is 2. The number of amides is 1. The third kappa shape index (κ3) is 3.32. The van der Waals surface area contributed by atoms with Gasteiger partial charge in [-0.05, 0) is 27.7 Å². The van der Waals surface area contributed by atoms with Crippen LogP contribution in [0.2, 0.25) is 0 Å². The third-order valence-electron chi connectivity index (χ3n) is 2.28. The molecule has 1 atom stereocenters. The monoisotopic (exact) mass is 253 g/mol. The summed E-state index contributed by atoms with van der Waals surface area (Å²) in [6.45, 7) is 6.84. The van der Waals surface area contributed by atoms with Gasteiger partial charge < -0.3 is 19.4 Å². The number of nitrogens with one attached hydrogen (secondary N) is 1. The van der Waals surface area contributed by atoms with Crippen LogP contribution in [0.4, 0.5) is 4.79 Å². The number of rotatable bonds is 3. The predicted octanol–water partition coefficient (Wildman–Crippen LogP) is 1.36. The van der Waals surface area contributed by atoms with Crippen LogP contribution < -0.4 is 5.32 Å². The zero-order valence-electron chi connectivity index (χ0n) is 11.4. The van der Waals surface area contributed by atoms with E-state index in [-0.39, 0.29) is 0 Å². The maximum Gasteiger partial charge on any atom is 0.408 e. The Morgan fingerprint density at radius 3 is 2.44 bits per heavy atom. The van der Waals surface area contributed by atoms with E-state index in [4.69, 9.17) is 4.74 Å². The molecule has 0 aliphatic heterocycles. The number of nitrogens with zero attached hydrogens (tertiary/aromatic N) is 2. The minimum absolute atomic E-state index is 0.448. The van der Waals surface area contributed by atoms with Crippen molar-refractivity contribution in [3.8, 4) is 0 Å². The number of hydrogen-bond acceptors (Lipinski definition) is 4. The molecule has 1 aromatic rings. The molecule has 6 nitrogen and oxygen atoms in total. The van der Waals surface area contributed by atoms with Gasteiger partial charge in [-0.25, -0.2) is 9.78 Å². The number of aldehydes is 1. The van der Waals surface area contributed by atoms with Crippen LogP contribution in [0.25, 0.3) is 0 Å². The lowest BCUT2D eigenvalue weighted by atomic mass is 10.0. The van der Waals surface area contributed by atoms with Crippen LogP contribution in [-0.2, 0) is 22.1 Å². The van der Waals surface area contributed by atoms with E-state index < -0.39 is 17.2 Å². The molecule has 1 rings (SSSR count). The molecule has 1 aromatic heterocycles. The number of alkyl carbamates (subject to hydrolysis) is 1.